The first kappa shape index (κ1) is 29.0. The van der Waals surface area contributed by atoms with Crippen LogP contribution in [0, 0.1) is 0 Å². The van der Waals surface area contributed by atoms with E-state index >= 15 is 0 Å². The summed E-state index contributed by atoms with van der Waals surface area (Å²) in [6, 6.07) is 10.2. The minimum absolute atomic E-state index is 0.00798. The molecule has 1 atom stereocenters. The molecule has 0 saturated heterocycles. The van der Waals surface area contributed by atoms with Gasteiger partial charge in [-0.1, -0.05) is 59.7 Å². The Hall–Kier alpha value is -4.46. The summed E-state index contributed by atoms with van der Waals surface area (Å²) in [5, 5.41) is 22.3. The van der Waals surface area contributed by atoms with E-state index in [0.717, 1.165) is 16.7 Å². The molecule has 42 heavy (non-hydrogen) atoms. The van der Waals surface area contributed by atoms with E-state index in [1.165, 1.54) is 26.5 Å². The summed E-state index contributed by atoms with van der Waals surface area (Å²) >= 11 is 0. The normalized spacial score (nSPS) is 15.3. The molecule has 0 fully saturated rings. The van der Waals surface area contributed by atoms with Crippen molar-refractivity contribution in [3.05, 3.63) is 75.1 Å². The Morgan fingerprint density at radius 2 is 1.48 bits per heavy atom. The van der Waals surface area contributed by atoms with Crippen molar-refractivity contribution < 1.29 is 33.6 Å². The van der Waals surface area contributed by atoms with E-state index in [1.54, 1.807) is 18.2 Å². The van der Waals surface area contributed by atoms with Crippen molar-refractivity contribution in [1.82, 2.24) is 0 Å². The zero-order valence-corrected chi connectivity index (χ0v) is 25.2. The molecule has 2 heterocycles. The molecule has 1 aliphatic heterocycles. The largest absolute Gasteiger partial charge is 0.507 e. The molecule has 0 radical (unpaired) electrons. The van der Waals surface area contributed by atoms with E-state index < -0.39 is 28.1 Å². The van der Waals surface area contributed by atoms with Gasteiger partial charge in [-0.2, -0.15) is 0 Å². The predicted octanol–water partition coefficient (Wildman–Crippen LogP) is 6.92. The molecule has 220 valence electrons. The third-order valence-electron chi connectivity index (χ3n) is 7.82. The van der Waals surface area contributed by atoms with E-state index in [-0.39, 0.29) is 40.2 Å². The fourth-order valence-electron chi connectivity index (χ4n) is 5.62. The highest BCUT2D eigenvalue weighted by molar-refractivity contribution is 5.94. The zero-order valence-electron chi connectivity index (χ0n) is 25.2. The van der Waals surface area contributed by atoms with Gasteiger partial charge in [0.2, 0.25) is 5.43 Å². The van der Waals surface area contributed by atoms with E-state index in [9.17, 15) is 19.8 Å². The van der Waals surface area contributed by atoms with Gasteiger partial charge >= 0.3 is 5.97 Å². The highest BCUT2D eigenvalue weighted by atomic mass is 16.5. The predicted molar refractivity (Wildman–Crippen MR) is 160 cm³/mol. The van der Waals surface area contributed by atoms with Crippen LogP contribution in [0.4, 0.5) is 0 Å². The highest BCUT2D eigenvalue weighted by Gasteiger charge is 2.36. The first-order valence-corrected chi connectivity index (χ1v) is 13.8. The fourth-order valence-corrected chi connectivity index (χ4v) is 5.62. The Labute approximate surface area is 244 Å². The number of hydrogen-bond acceptors (Lipinski definition) is 8. The van der Waals surface area contributed by atoms with Crippen molar-refractivity contribution in [2.45, 2.75) is 64.7 Å². The van der Waals surface area contributed by atoms with Crippen molar-refractivity contribution in [3.8, 4) is 39.9 Å². The summed E-state index contributed by atoms with van der Waals surface area (Å²) < 4.78 is 22.4. The third kappa shape index (κ3) is 4.85. The van der Waals surface area contributed by atoms with Gasteiger partial charge in [-0.25, -0.2) is 0 Å². The number of fused-ring (bicyclic) bond motifs is 3. The van der Waals surface area contributed by atoms with Gasteiger partial charge in [-0.3, -0.25) is 9.59 Å². The Bertz CT molecular complexity index is 1750. The molecular weight excluding hydrogens is 536 g/mol. The van der Waals surface area contributed by atoms with Crippen LogP contribution in [-0.4, -0.2) is 30.4 Å². The van der Waals surface area contributed by atoms with Gasteiger partial charge in [0.05, 0.1) is 26.2 Å². The van der Waals surface area contributed by atoms with Crippen molar-refractivity contribution in [1.29, 1.82) is 0 Å². The quantitative estimate of drug-likeness (QED) is 0.200. The molecule has 4 aromatic rings. The lowest BCUT2D eigenvalue weighted by Gasteiger charge is -2.31. The summed E-state index contributed by atoms with van der Waals surface area (Å²) in [6.45, 7) is 12.1. The molecule has 0 aliphatic carbocycles. The van der Waals surface area contributed by atoms with Crippen LogP contribution >= 0.6 is 0 Å². The third-order valence-corrected chi connectivity index (χ3v) is 7.82. The molecule has 2 N–H and O–H groups in total. The Kier molecular flexibility index (Phi) is 7.00. The van der Waals surface area contributed by atoms with Crippen molar-refractivity contribution in [2.24, 2.45) is 0 Å². The van der Waals surface area contributed by atoms with E-state index in [1.807, 2.05) is 53.7 Å². The summed E-state index contributed by atoms with van der Waals surface area (Å²) in [6.07, 6.45) is 1.34. The van der Waals surface area contributed by atoms with Gasteiger partial charge in [-0.05, 0) is 45.2 Å². The minimum atomic E-state index is -0.553. The summed E-state index contributed by atoms with van der Waals surface area (Å²) in [5.41, 5.74) is 2.39. The lowest BCUT2D eigenvalue weighted by atomic mass is 9.75. The van der Waals surface area contributed by atoms with E-state index in [0.29, 0.717) is 22.6 Å². The lowest BCUT2D eigenvalue weighted by Crippen LogP contribution is -2.24. The van der Waals surface area contributed by atoms with Crippen LogP contribution < -0.4 is 19.6 Å². The number of phenolic OH excluding ortho intramolecular Hbond substituents is 2. The summed E-state index contributed by atoms with van der Waals surface area (Å²) in [7, 11) is 3.03. The molecule has 0 amide bonds. The van der Waals surface area contributed by atoms with Crippen LogP contribution in [0.25, 0.3) is 22.1 Å². The molecule has 1 aromatic heterocycles. The Balaban J connectivity index is 1.78. The number of carbonyl (C=O) groups is 1. The molecule has 1 aliphatic rings. The molecule has 5 rings (SSSR count). The molecule has 0 saturated carbocycles. The molecule has 8 nitrogen and oxygen atoms in total. The number of carbonyl (C=O) groups excluding carboxylic acids is 1. The Morgan fingerprint density at radius 3 is 2.05 bits per heavy atom. The fraction of sp³-hybridized carbons (Fsp3) is 0.353. The van der Waals surface area contributed by atoms with Gasteiger partial charge in [-0.15, -0.1) is 0 Å². The SMILES string of the molecule is COc1ccc(-c2coc3c4c(cc(O)c3c2=O)OC(=O)CC4c2cc(C(C)(C)C)c(O)c(C(C)(C)C)c2)cc1OC. The number of methoxy groups -OCH3 is 2. The first-order valence-electron chi connectivity index (χ1n) is 13.8. The number of phenols is 2. The maximum Gasteiger partial charge on any atom is 0.312 e. The average molecular weight is 573 g/mol. The molecule has 3 aromatic carbocycles. The van der Waals surface area contributed by atoms with Gasteiger partial charge in [0, 0.05) is 17.5 Å². The summed E-state index contributed by atoms with van der Waals surface area (Å²) in [4.78, 5) is 26.7. The van der Waals surface area contributed by atoms with E-state index in [2.05, 4.69) is 0 Å². The summed E-state index contributed by atoms with van der Waals surface area (Å²) in [5.74, 6) is -0.0888. The van der Waals surface area contributed by atoms with Gasteiger partial charge < -0.3 is 28.8 Å². The molecule has 0 spiro atoms. The average Bonchev–Trinajstić information content (AvgIpc) is 2.90. The van der Waals surface area contributed by atoms with Crippen LogP contribution in [0.2, 0.25) is 0 Å². The monoisotopic (exact) mass is 572 g/mol. The standard InChI is InChI=1S/C34H36O8/c1-33(2,3)21-11-18(12-22(31(21)38)34(4,5)6)19-14-27(36)42-26-15-23(35)29-30(37)20(16-41-32(29)28(19)26)17-9-10-24(39-7)25(13-17)40-8/h9-13,15-16,19,35,38H,14H2,1-8H3. The van der Waals surface area contributed by atoms with E-state index in [4.69, 9.17) is 18.6 Å². The van der Waals surface area contributed by atoms with Crippen molar-refractivity contribution in [2.75, 3.05) is 14.2 Å². The Morgan fingerprint density at radius 1 is 0.857 bits per heavy atom. The number of aromatic hydroxyl groups is 2. The first-order chi connectivity index (χ1) is 19.6. The van der Waals surface area contributed by atoms with Crippen LogP contribution in [-0.2, 0) is 15.6 Å². The number of benzene rings is 3. The number of rotatable bonds is 4. The maximum atomic E-state index is 13.9. The number of ether oxygens (including phenoxy) is 3. The van der Waals surface area contributed by atoms with Crippen molar-refractivity contribution in [3.63, 3.8) is 0 Å². The highest BCUT2D eigenvalue weighted by Crippen LogP contribution is 2.48. The van der Waals surface area contributed by atoms with Gasteiger partial charge in [0.1, 0.15) is 34.5 Å². The minimum Gasteiger partial charge on any atom is -0.507 e. The zero-order chi connectivity index (χ0) is 30.7. The smallest absolute Gasteiger partial charge is 0.312 e. The molecular formula is C34H36O8. The van der Waals surface area contributed by atoms with Crippen LogP contribution in [0.5, 0.6) is 28.7 Å². The second-order valence-electron chi connectivity index (χ2n) is 12.8. The van der Waals surface area contributed by atoms with Crippen LogP contribution in [0.1, 0.15) is 76.1 Å². The molecule has 8 heteroatoms. The topological polar surface area (TPSA) is 115 Å². The van der Waals surface area contributed by atoms with Gasteiger partial charge in [0.15, 0.2) is 11.5 Å². The molecule has 0 bridgehead atoms. The maximum absolute atomic E-state index is 13.9. The molecule has 1 unspecified atom stereocenters. The second kappa shape index (κ2) is 10.1. The van der Waals surface area contributed by atoms with Gasteiger partial charge in [0.25, 0.3) is 0 Å². The van der Waals surface area contributed by atoms with Crippen LogP contribution in [0.15, 0.2) is 51.9 Å². The van der Waals surface area contributed by atoms with Crippen molar-refractivity contribution >= 4 is 16.9 Å². The lowest BCUT2D eigenvalue weighted by molar-refractivity contribution is -0.135. The second-order valence-corrected chi connectivity index (χ2v) is 12.8. The van der Waals surface area contributed by atoms with Crippen LogP contribution in [0.3, 0.4) is 0 Å². The number of hydrogen-bond donors (Lipinski definition) is 2. The number of esters is 1.